The molecule has 4 aliphatic heterocycles. The SMILES string of the molecule is CC[C@H]1OC(=O)[C@H](C)[C@@H](O[C@H]2C[C@@](C)(OC)[C@@H](O)[C@H](C)O2)[C@H](C)[C@@H](O[C@@H]2O[C@H](O)C[C@H](NS(=O)(=O)c3ccccc3)[C@H]2O)[C@](C)(O)C[C@@H](C)C2(O)NC[C@@]1(C)O2. The molecule has 17 atom stereocenters. The Morgan fingerprint density at radius 3 is 2.27 bits per heavy atom. The summed E-state index contributed by atoms with van der Waals surface area (Å²) in [6.45, 7) is 13.4. The van der Waals surface area contributed by atoms with Crippen LogP contribution in [0.15, 0.2) is 35.2 Å². The molecule has 1 aromatic rings. The maximum Gasteiger partial charge on any atom is 0.311 e. The van der Waals surface area contributed by atoms with E-state index in [0.29, 0.717) is 6.42 Å². The van der Waals surface area contributed by atoms with Gasteiger partial charge in [-0.05, 0) is 59.6 Å². The Balaban J connectivity index is 1.55. The second kappa shape index (κ2) is 17.0. The molecule has 56 heavy (non-hydrogen) atoms. The van der Waals surface area contributed by atoms with Crippen LogP contribution in [0.2, 0.25) is 0 Å². The van der Waals surface area contributed by atoms with Gasteiger partial charge in [-0.15, -0.1) is 0 Å². The van der Waals surface area contributed by atoms with E-state index in [-0.39, 0.29) is 30.7 Å². The molecular formula is C38H62N2O15S. The van der Waals surface area contributed by atoms with Crippen LogP contribution in [-0.2, 0) is 48.0 Å². The van der Waals surface area contributed by atoms with E-state index < -0.39 is 118 Å². The maximum atomic E-state index is 14.2. The molecule has 7 N–H and O–H groups in total. The number of aliphatic hydroxyl groups is 5. The molecule has 5 rings (SSSR count). The van der Waals surface area contributed by atoms with Crippen LogP contribution >= 0.6 is 0 Å². The molecule has 17 nitrogen and oxygen atoms in total. The molecule has 1 aromatic carbocycles. The predicted octanol–water partition coefficient (Wildman–Crippen LogP) is 0.840. The number of carbonyl (C=O) groups excluding carboxylic acids is 1. The van der Waals surface area contributed by atoms with Gasteiger partial charge >= 0.3 is 5.97 Å². The van der Waals surface area contributed by atoms with Crippen molar-refractivity contribution in [1.82, 2.24) is 10.0 Å². The highest BCUT2D eigenvalue weighted by molar-refractivity contribution is 7.89. The van der Waals surface area contributed by atoms with E-state index in [2.05, 4.69) is 10.0 Å². The number of aliphatic hydroxyl groups excluding tert-OH is 3. The third-order valence-electron chi connectivity index (χ3n) is 12.1. The number of methoxy groups -OCH3 is 1. The summed E-state index contributed by atoms with van der Waals surface area (Å²) < 4.78 is 71.9. The summed E-state index contributed by atoms with van der Waals surface area (Å²) in [7, 11) is -2.71. The number of hydrogen-bond donors (Lipinski definition) is 7. The number of sulfonamides is 1. The summed E-state index contributed by atoms with van der Waals surface area (Å²) in [6.07, 6.45) is -11.3. The summed E-state index contributed by atoms with van der Waals surface area (Å²) in [5.41, 5.74) is -4.18. The van der Waals surface area contributed by atoms with Crippen LogP contribution in [0.3, 0.4) is 0 Å². The lowest BCUT2D eigenvalue weighted by molar-refractivity contribution is -0.334. The summed E-state index contributed by atoms with van der Waals surface area (Å²) in [5.74, 6) is -5.53. The lowest BCUT2D eigenvalue weighted by Crippen LogP contribution is -2.61. The summed E-state index contributed by atoms with van der Waals surface area (Å²) in [5, 5.41) is 60.6. The van der Waals surface area contributed by atoms with Crippen LogP contribution in [0.5, 0.6) is 0 Å². The first kappa shape index (κ1) is 45.2. The average Bonchev–Trinajstić information content (AvgIpc) is 3.47. The zero-order valence-electron chi connectivity index (χ0n) is 33.7. The largest absolute Gasteiger partial charge is 0.459 e. The van der Waals surface area contributed by atoms with Gasteiger partial charge in [0.1, 0.15) is 23.9 Å². The molecule has 0 radical (unpaired) electrons. The smallest absolute Gasteiger partial charge is 0.311 e. The van der Waals surface area contributed by atoms with E-state index in [9.17, 15) is 38.7 Å². The van der Waals surface area contributed by atoms with Gasteiger partial charge in [-0.25, -0.2) is 13.1 Å². The number of rotatable bonds is 9. The van der Waals surface area contributed by atoms with Gasteiger partial charge in [-0.3, -0.25) is 10.1 Å². The average molecular weight is 819 g/mol. The zero-order valence-corrected chi connectivity index (χ0v) is 34.5. The van der Waals surface area contributed by atoms with Crippen molar-refractivity contribution in [2.24, 2.45) is 17.8 Å². The van der Waals surface area contributed by atoms with Crippen LogP contribution in [0.25, 0.3) is 0 Å². The van der Waals surface area contributed by atoms with E-state index in [1.54, 1.807) is 59.7 Å². The quantitative estimate of drug-likeness (QED) is 0.171. The molecule has 2 bridgehead atoms. The number of hydrogen-bond acceptors (Lipinski definition) is 16. The first-order valence-electron chi connectivity index (χ1n) is 19.4. The van der Waals surface area contributed by atoms with E-state index in [1.807, 2.05) is 6.92 Å². The highest BCUT2D eigenvalue weighted by atomic mass is 32.2. The van der Waals surface area contributed by atoms with Crippen molar-refractivity contribution in [3.8, 4) is 0 Å². The van der Waals surface area contributed by atoms with Gasteiger partial charge in [-0.1, -0.05) is 39.0 Å². The molecule has 320 valence electrons. The number of esters is 1. The molecule has 18 heteroatoms. The minimum Gasteiger partial charge on any atom is -0.459 e. The fraction of sp³-hybridized carbons (Fsp3) is 0.816. The second-order valence-electron chi connectivity index (χ2n) is 16.7. The molecule has 4 heterocycles. The Kier molecular flexibility index (Phi) is 13.7. The molecule has 4 fully saturated rings. The van der Waals surface area contributed by atoms with Crippen molar-refractivity contribution in [3.63, 3.8) is 0 Å². The van der Waals surface area contributed by atoms with E-state index >= 15 is 0 Å². The van der Waals surface area contributed by atoms with Gasteiger partial charge in [-0.2, -0.15) is 0 Å². The number of benzene rings is 1. The number of carbonyl (C=O) groups is 1. The molecule has 1 unspecified atom stereocenters. The third-order valence-corrected chi connectivity index (χ3v) is 13.6. The fourth-order valence-electron chi connectivity index (χ4n) is 8.63. The second-order valence-corrected chi connectivity index (χ2v) is 18.4. The summed E-state index contributed by atoms with van der Waals surface area (Å²) in [6, 6.07) is 6.22. The van der Waals surface area contributed by atoms with Crippen LogP contribution < -0.4 is 10.0 Å². The molecule has 0 aromatic heterocycles. The Bertz CT molecular complexity index is 1610. The number of cyclic esters (lactones) is 1. The highest BCUT2D eigenvalue weighted by Gasteiger charge is 2.57. The lowest BCUT2D eigenvalue weighted by atomic mass is 9.77. The van der Waals surface area contributed by atoms with Gasteiger partial charge in [0.25, 0.3) is 0 Å². The Labute approximate surface area is 329 Å². The van der Waals surface area contributed by atoms with Crippen LogP contribution in [-0.4, -0.2) is 138 Å². The van der Waals surface area contributed by atoms with Crippen molar-refractivity contribution >= 4 is 16.0 Å². The topological polar surface area (TPSA) is 241 Å². The van der Waals surface area contributed by atoms with E-state index in [1.165, 1.54) is 26.2 Å². The normalized spacial score (nSPS) is 47.0. The maximum absolute atomic E-state index is 14.2. The number of nitrogens with one attached hydrogen (secondary N) is 2. The van der Waals surface area contributed by atoms with Crippen LogP contribution in [0.4, 0.5) is 0 Å². The van der Waals surface area contributed by atoms with Crippen molar-refractivity contribution in [2.75, 3.05) is 13.7 Å². The monoisotopic (exact) mass is 818 g/mol. The number of fused-ring (bicyclic) bond motifs is 2. The van der Waals surface area contributed by atoms with Gasteiger partial charge in [0.15, 0.2) is 18.9 Å². The Hall–Kier alpha value is -1.88. The first-order chi connectivity index (χ1) is 26.0. The highest BCUT2D eigenvalue weighted by Crippen LogP contribution is 2.43. The standard InChI is InChI=1S/C38H62N2O15S/c1-10-26-37(8)19-39-38(46,55-37)20(2)17-35(6,45)32(54-34-29(42)25(16-27(41)52-34)40-56(47,48)24-14-12-11-13-15-24)21(3)30(22(4)33(44)51-26)53-28-18-36(7,49-9)31(43)23(5)50-28/h11-15,20-23,25-32,34,39-43,45-46H,10,16-19H2,1-9H3/t20-,21+,22-,23+,25+,26-,27+,28+,29-,30+,31+,32-,34+,35-,36-,37-,38?/m1/s1. The van der Waals surface area contributed by atoms with Crippen molar-refractivity contribution in [3.05, 3.63) is 30.3 Å². The lowest BCUT2D eigenvalue weighted by Gasteiger charge is -2.48. The zero-order chi connectivity index (χ0) is 41.6. The Morgan fingerprint density at radius 2 is 1.64 bits per heavy atom. The number of ether oxygens (including phenoxy) is 7. The molecule has 0 saturated carbocycles. The fourth-order valence-corrected chi connectivity index (χ4v) is 9.92. The molecule has 0 amide bonds. The van der Waals surface area contributed by atoms with Crippen molar-refractivity contribution < 1.29 is 71.9 Å². The van der Waals surface area contributed by atoms with E-state index in [0.717, 1.165) is 0 Å². The van der Waals surface area contributed by atoms with Crippen molar-refractivity contribution in [1.29, 1.82) is 0 Å². The van der Waals surface area contributed by atoms with Crippen molar-refractivity contribution in [2.45, 2.75) is 170 Å². The summed E-state index contributed by atoms with van der Waals surface area (Å²) in [4.78, 5) is 14.1. The Morgan fingerprint density at radius 1 is 0.982 bits per heavy atom. The molecular weight excluding hydrogens is 756 g/mol. The minimum absolute atomic E-state index is 0.0566. The van der Waals surface area contributed by atoms with Gasteiger partial charge < -0.3 is 58.7 Å². The predicted molar refractivity (Wildman–Crippen MR) is 198 cm³/mol. The van der Waals surface area contributed by atoms with Gasteiger partial charge in [0.05, 0.1) is 46.4 Å². The van der Waals surface area contributed by atoms with Crippen LogP contribution in [0, 0.1) is 17.8 Å². The first-order valence-corrected chi connectivity index (χ1v) is 20.9. The minimum atomic E-state index is -4.17. The summed E-state index contributed by atoms with van der Waals surface area (Å²) >= 11 is 0. The van der Waals surface area contributed by atoms with E-state index in [4.69, 9.17) is 33.2 Å². The van der Waals surface area contributed by atoms with Gasteiger partial charge in [0.2, 0.25) is 15.9 Å². The van der Waals surface area contributed by atoms with Gasteiger partial charge in [0, 0.05) is 38.3 Å². The molecule has 4 aliphatic rings. The van der Waals surface area contributed by atoms with Crippen LogP contribution in [0.1, 0.15) is 81.1 Å². The molecule has 4 saturated heterocycles. The molecule has 0 spiro atoms. The third kappa shape index (κ3) is 9.28. The molecule has 0 aliphatic carbocycles.